The first-order valence-electron chi connectivity index (χ1n) is 9.23. The van der Waals surface area contributed by atoms with Gasteiger partial charge in [0.2, 0.25) is 11.8 Å². The Bertz CT molecular complexity index is 1030. The van der Waals surface area contributed by atoms with Crippen molar-refractivity contribution in [3.05, 3.63) is 64.2 Å². The van der Waals surface area contributed by atoms with E-state index in [1.54, 1.807) is 30.3 Å². The van der Waals surface area contributed by atoms with Crippen LogP contribution >= 0.6 is 11.6 Å². The van der Waals surface area contributed by atoms with Crippen molar-refractivity contribution in [2.75, 3.05) is 5.32 Å². The predicted molar refractivity (Wildman–Crippen MR) is 107 cm³/mol. The highest BCUT2D eigenvalue weighted by Gasteiger charge is 2.45. The lowest BCUT2D eigenvalue weighted by molar-refractivity contribution is -0.136. The Morgan fingerprint density at radius 1 is 1.07 bits per heavy atom. The third-order valence-corrected chi connectivity index (χ3v) is 5.46. The maximum atomic E-state index is 13.1. The maximum absolute atomic E-state index is 13.1. The zero-order chi connectivity index (χ0) is 20.7. The first-order valence-corrected chi connectivity index (χ1v) is 9.61. The smallest absolute Gasteiger partial charge is 0.264 e. The van der Waals surface area contributed by atoms with Gasteiger partial charge in [0.25, 0.3) is 11.8 Å². The molecule has 1 fully saturated rings. The molecule has 0 aromatic heterocycles. The summed E-state index contributed by atoms with van der Waals surface area (Å²) >= 11 is 5.94. The van der Waals surface area contributed by atoms with E-state index in [1.807, 2.05) is 19.1 Å². The lowest BCUT2D eigenvalue weighted by Crippen LogP contribution is -2.54. The molecule has 148 valence electrons. The molecule has 0 spiro atoms. The molecule has 1 unspecified atom stereocenters. The summed E-state index contributed by atoms with van der Waals surface area (Å²) in [4.78, 5) is 50.6. The summed E-state index contributed by atoms with van der Waals surface area (Å²) in [5.74, 6) is -2.09. The molecule has 0 bridgehead atoms. The number of fused-ring (bicyclic) bond motifs is 1. The zero-order valence-corrected chi connectivity index (χ0v) is 16.3. The molecular weight excluding hydrogens is 394 g/mol. The van der Waals surface area contributed by atoms with Gasteiger partial charge < -0.3 is 5.32 Å². The monoisotopic (exact) mass is 411 g/mol. The van der Waals surface area contributed by atoms with Crippen LogP contribution in [0.4, 0.5) is 5.69 Å². The van der Waals surface area contributed by atoms with Crippen LogP contribution in [0.3, 0.4) is 0 Å². The summed E-state index contributed by atoms with van der Waals surface area (Å²) in [7, 11) is 0. The number of rotatable bonds is 4. The van der Waals surface area contributed by atoms with Crippen molar-refractivity contribution in [3.8, 4) is 0 Å². The van der Waals surface area contributed by atoms with Crippen LogP contribution in [0.2, 0.25) is 5.02 Å². The van der Waals surface area contributed by atoms with Crippen molar-refractivity contribution in [1.82, 2.24) is 10.2 Å². The molecule has 1 saturated heterocycles. The molecule has 0 saturated carbocycles. The number of imide groups is 2. The van der Waals surface area contributed by atoms with E-state index in [0.29, 0.717) is 10.7 Å². The van der Waals surface area contributed by atoms with E-state index in [1.165, 1.54) is 0 Å². The molecule has 2 aromatic rings. The highest BCUT2D eigenvalue weighted by atomic mass is 35.5. The van der Waals surface area contributed by atoms with Crippen molar-refractivity contribution in [2.24, 2.45) is 0 Å². The third-order valence-electron chi connectivity index (χ3n) is 5.21. The van der Waals surface area contributed by atoms with Gasteiger partial charge in [0, 0.05) is 23.2 Å². The number of hydrogen-bond donors (Lipinski definition) is 2. The lowest BCUT2D eigenvalue weighted by atomic mass is 10.0. The molecule has 2 atom stereocenters. The van der Waals surface area contributed by atoms with Crippen molar-refractivity contribution in [3.63, 3.8) is 0 Å². The summed E-state index contributed by atoms with van der Waals surface area (Å²) in [6.45, 7) is 1.93. The van der Waals surface area contributed by atoms with Gasteiger partial charge in [-0.25, -0.2) is 0 Å². The summed E-state index contributed by atoms with van der Waals surface area (Å²) < 4.78 is 0. The summed E-state index contributed by atoms with van der Waals surface area (Å²) in [6, 6.07) is 11.2. The van der Waals surface area contributed by atoms with E-state index in [0.717, 1.165) is 10.5 Å². The molecular formula is C21H18ClN3O4. The fourth-order valence-electron chi connectivity index (χ4n) is 3.70. The Morgan fingerprint density at radius 2 is 1.79 bits per heavy atom. The van der Waals surface area contributed by atoms with Crippen LogP contribution in [-0.4, -0.2) is 34.6 Å². The molecule has 0 aliphatic carbocycles. The summed E-state index contributed by atoms with van der Waals surface area (Å²) in [6.07, 6.45) is 0.211. The van der Waals surface area contributed by atoms with Gasteiger partial charge in [-0.2, -0.15) is 0 Å². The van der Waals surface area contributed by atoms with Gasteiger partial charge in [-0.05, 0) is 43.2 Å². The van der Waals surface area contributed by atoms with Crippen LogP contribution in [0.5, 0.6) is 0 Å². The Balaban J connectivity index is 1.63. The fourth-order valence-corrected chi connectivity index (χ4v) is 3.83. The number of anilines is 1. The standard InChI is InChI=1S/C21H18ClN3O4/c1-11(12-5-7-13(22)8-6-12)23-15-4-2-3-14-18(15)21(29)25(20(14)28)16-9-10-17(26)24-19(16)27/h2-8,11,16,23H,9-10H2,1H3,(H,24,26,27)/t11-,16?/m1/s1. The number of carbonyl (C=O) groups is 4. The second-order valence-corrected chi connectivity index (χ2v) is 7.53. The molecule has 4 rings (SSSR count). The van der Waals surface area contributed by atoms with E-state index >= 15 is 0 Å². The highest BCUT2D eigenvalue weighted by molar-refractivity contribution is 6.30. The normalized spacial score (nSPS) is 19.8. The first-order chi connectivity index (χ1) is 13.9. The lowest BCUT2D eigenvalue weighted by Gasteiger charge is -2.28. The van der Waals surface area contributed by atoms with Crippen LogP contribution in [0.1, 0.15) is 52.1 Å². The highest BCUT2D eigenvalue weighted by Crippen LogP contribution is 2.34. The molecule has 2 N–H and O–H groups in total. The summed E-state index contributed by atoms with van der Waals surface area (Å²) in [5, 5.41) is 6.10. The van der Waals surface area contributed by atoms with Crippen LogP contribution in [-0.2, 0) is 9.59 Å². The van der Waals surface area contributed by atoms with E-state index in [4.69, 9.17) is 11.6 Å². The van der Waals surface area contributed by atoms with Gasteiger partial charge in [0.05, 0.1) is 11.1 Å². The Labute approximate surface area is 172 Å². The predicted octanol–water partition coefficient (Wildman–Crippen LogP) is 2.91. The fraction of sp³-hybridized carbons (Fsp3) is 0.238. The van der Waals surface area contributed by atoms with Crippen LogP contribution in [0.25, 0.3) is 0 Å². The SMILES string of the molecule is C[C@@H](Nc1cccc2c1C(=O)N(C1CCC(=O)NC1=O)C2=O)c1ccc(Cl)cc1. The molecule has 0 radical (unpaired) electrons. The van der Waals surface area contributed by atoms with Gasteiger partial charge in [-0.3, -0.25) is 29.4 Å². The average Bonchev–Trinajstić information content (AvgIpc) is 2.94. The van der Waals surface area contributed by atoms with Crippen LogP contribution in [0, 0.1) is 0 Å². The number of nitrogens with one attached hydrogen (secondary N) is 2. The Hall–Kier alpha value is -3.19. The van der Waals surface area contributed by atoms with E-state index in [-0.39, 0.29) is 30.0 Å². The molecule has 8 heteroatoms. The molecule has 4 amide bonds. The quantitative estimate of drug-likeness (QED) is 0.754. The number of hydrogen-bond acceptors (Lipinski definition) is 5. The van der Waals surface area contributed by atoms with E-state index < -0.39 is 29.7 Å². The van der Waals surface area contributed by atoms with Gasteiger partial charge >= 0.3 is 0 Å². The van der Waals surface area contributed by atoms with Crippen molar-refractivity contribution < 1.29 is 19.2 Å². The first kappa shape index (κ1) is 19.1. The Kier molecular flexibility index (Phi) is 4.84. The number of benzene rings is 2. The van der Waals surface area contributed by atoms with E-state index in [2.05, 4.69) is 10.6 Å². The topological polar surface area (TPSA) is 95.6 Å². The second kappa shape index (κ2) is 7.33. The second-order valence-electron chi connectivity index (χ2n) is 7.09. The minimum Gasteiger partial charge on any atom is -0.378 e. The third kappa shape index (κ3) is 3.38. The maximum Gasteiger partial charge on any atom is 0.264 e. The van der Waals surface area contributed by atoms with Gasteiger partial charge in [0.15, 0.2) is 0 Å². The minimum atomic E-state index is -0.985. The van der Waals surface area contributed by atoms with Gasteiger partial charge in [0.1, 0.15) is 6.04 Å². The Morgan fingerprint density at radius 3 is 2.48 bits per heavy atom. The average molecular weight is 412 g/mol. The molecule has 2 heterocycles. The number of carbonyl (C=O) groups excluding carboxylic acids is 4. The van der Waals surface area contributed by atoms with Gasteiger partial charge in [-0.15, -0.1) is 0 Å². The van der Waals surface area contributed by atoms with Crippen LogP contribution < -0.4 is 10.6 Å². The molecule has 29 heavy (non-hydrogen) atoms. The van der Waals surface area contributed by atoms with Crippen molar-refractivity contribution >= 4 is 40.9 Å². The molecule has 2 aromatic carbocycles. The number of nitrogens with zero attached hydrogens (tertiary/aromatic N) is 1. The number of halogens is 1. The van der Waals surface area contributed by atoms with Crippen molar-refractivity contribution in [2.45, 2.75) is 31.8 Å². The van der Waals surface area contributed by atoms with E-state index in [9.17, 15) is 19.2 Å². The van der Waals surface area contributed by atoms with Gasteiger partial charge in [-0.1, -0.05) is 29.8 Å². The molecule has 2 aliphatic rings. The largest absolute Gasteiger partial charge is 0.378 e. The summed E-state index contributed by atoms with van der Waals surface area (Å²) in [5.41, 5.74) is 1.96. The molecule has 2 aliphatic heterocycles. The van der Waals surface area contributed by atoms with Crippen molar-refractivity contribution in [1.29, 1.82) is 0 Å². The molecule has 7 nitrogen and oxygen atoms in total. The number of amides is 4. The minimum absolute atomic E-state index is 0.0858. The number of piperidine rings is 1. The zero-order valence-electron chi connectivity index (χ0n) is 15.6. The van der Waals surface area contributed by atoms with Crippen LogP contribution in [0.15, 0.2) is 42.5 Å².